The summed E-state index contributed by atoms with van der Waals surface area (Å²) >= 11 is 0. The van der Waals surface area contributed by atoms with E-state index < -0.39 is 0 Å². The number of pyridine rings is 1. The Morgan fingerprint density at radius 3 is 2.15 bits per heavy atom. The van der Waals surface area contributed by atoms with Crippen molar-refractivity contribution in [3.05, 3.63) is 78.4 Å². The fourth-order valence-electron chi connectivity index (χ4n) is 3.04. The van der Waals surface area contributed by atoms with E-state index in [0.717, 1.165) is 24.7 Å². The molecule has 4 rings (SSSR count). The highest BCUT2D eigenvalue weighted by molar-refractivity contribution is 6.11. The lowest BCUT2D eigenvalue weighted by atomic mass is 9.97. The number of aliphatic hydroxyl groups excluding tert-OH is 1. The Kier molecular flexibility index (Phi) is 7.01. The van der Waals surface area contributed by atoms with Crippen molar-refractivity contribution in [2.24, 2.45) is 0 Å². The number of aryl methyl sites for hydroxylation is 1. The number of carbonyl (C=O) groups excluding carboxylic acids is 1. The molecule has 0 bridgehead atoms. The van der Waals surface area contributed by atoms with Crippen molar-refractivity contribution in [2.45, 2.75) is 13.3 Å². The summed E-state index contributed by atoms with van der Waals surface area (Å²) in [5, 5.41) is 10.7. The lowest BCUT2D eigenvalue weighted by Crippen LogP contribution is -1.91. The molecule has 3 aromatic carbocycles. The van der Waals surface area contributed by atoms with Gasteiger partial charge in [0.15, 0.2) is 0 Å². The first-order valence-corrected chi connectivity index (χ1v) is 8.47. The number of fused-ring (bicyclic) bond motifs is 3. The Morgan fingerprint density at radius 2 is 1.46 bits per heavy atom. The van der Waals surface area contributed by atoms with Crippen molar-refractivity contribution in [3.63, 3.8) is 0 Å². The molecule has 0 unspecified atom stereocenters. The number of rotatable bonds is 2. The minimum Gasteiger partial charge on any atom is -0.400 e. The number of para-hydroxylation sites is 1. The van der Waals surface area contributed by atoms with Crippen LogP contribution >= 0.6 is 0 Å². The van der Waals surface area contributed by atoms with Gasteiger partial charge in [0.05, 0.1) is 11.2 Å². The van der Waals surface area contributed by atoms with Gasteiger partial charge >= 0.3 is 0 Å². The number of hydrogen-bond donors (Lipinski definition) is 1. The van der Waals surface area contributed by atoms with Gasteiger partial charge in [-0.2, -0.15) is 0 Å². The summed E-state index contributed by atoms with van der Waals surface area (Å²) in [6, 6.07) is 25.6. The molecule has 0 amide bonds. The molecule has 0 spiro atoms. The molecular weight excluding hydrogens is 322 g/mol. The Morgan fingerprint density at radius 1 is 0.808 bits per heavy atom. The summed E-state index contributed by atoms with van der Waals surface area (Å²) in [6.45, 7) is 4.19. The number of aromatic nitrogens is 1. The molecule has 0 aliphatic rings. The fraction of sp³-hybridized carbons (Fsp3) is 0.130. The Bertz CT molecular complexity index is 981. The van der Waals surface area contributed by atoms with Crippen LogP contribution in [0.1, 0.15) is 12.5 Å². The van der Waals surface area contributed by atoms with E-state index in [1.54, 1.807) is 0 Å². The first-order valence-electron chi connectivity index (χ1n) is 8.47. The zero-order valence-corrected chi connectivity index (χ0v) is 15.1. The number of benzene rings is 3. The highest BCUT2D eigenvalue weighted by atomic mass is 16.2. The van der Waals surface area contributed by atoms with E-state index in [2.05, 4.69) is 73.7 Å². The van der Waals surface area contributed by atoms with Crippen LogP contribution in [-0.2, 0) is 11.2 Å². The minimum atomic E-state index is 1.00. The van der Waals surface area contributed by atoms with Gasteiger partial charge < -0.3 is 9.90 Å². The second-order valence-corrected chi connectivity index (χ2v) is 5.58. The predicted molar refractivity (Wildman–Crippen MR) is 109 cm³/mol. The number of hydrogen-bond acceptors (Lipinski definition) is 3. The maximum absolute atomic E-state index is 8.00. The lowest BCUT2D eigenvalue weighted by molar-refractivity contribution is -0.0979. The van der Waals surface area contributed by atoms with Gasteiger partial charge in [-0.1, -0.05) is 67.6 Å². The van der Waals surface area contributed by atoms with Crippen molar-refractivity contribution < 1.29 is 9.90 Å². The molecule has 3 heteroatoms. The van der Waals surface area contributed by atoms with E-state index in [4.69, 9.17) is 14.9 Å². The maximum Gasteiger partial charge on any atom is 0.106 e. The molecule has 0 radical (unpaired) electrons. The van der Waals surface area contributed by atoms with Gasteiger partial charge in [0.25, 0.3) is 0 Å². The van der Waals surface area contributed by atoms with Crippen LogP contribution in [0.4, 0.5) is 0 Å². The third-order valence-corrected chi connectivity index (χ3v) is 4.22. The van der Waals surface area contributed by atoms with Gasteiger partial charge in [0.2, 0.25) is 0 Å². The number of nitrogens with zero attached hydrogens (tertiary/aromatic N) is 1. The molecule has 1 heterocycles. The van der Waals surface area contributed by atoms with Crippen molar-refractivity contribution >= 4 is 28.5 Å². The standard InChI is InChI=1S/C21H17N.CH4O.CH2O/c1-2-15-12-13-17-18-10-6-7-11-20(18)22-21(19(17)14-15)16-8-4-3-5-9-16;2*1-2/h3-14H,2H2,1H3;2H,1H3;1H2. The van der Waals surface area contributed by atoms with Crippen LogP contribution < -0.4 is 0 Å². The zero-order valence-electron chi connectivity index (χ0n) is 15.1. The third-order valence-electron chi connectivity index (χ3n) is 4.22. The monoisotopic (exact) mass is 345 g/mol. The molecule has 0 fully saturated rings. The van der Waals surface area contributed by atoms with Gasteiger partial charge in [0.1, 0.15) is 6.79 Å². The van der Waals surface area contributed by atoms with Crippen molar-refractivity contribution in [2.75, 3.05) is 7.11 Å². The van der Waals surface area contributed by atoms with Crippen molar-refractivity contribution in [1.82, 2.24) is 4.98 Å². The summed E-state index contributed by atoms with van der Waals surface area (Å²) in [5.74, 6) is 0. The summed E-state index contributed by atoms with van der Waals surface area (Å²) in [6.07, 6.45) is 1.04. The topological polar surface area (TPSA) is 50.2 Å². The highest BCUT2D eigenvalue weighted by Gasteiger charge is 2.10. The zero-order chi connectivity index (χ0) is 18.9. The second-order valence-electron chi connectivity index (χ2n) is 5.58. The van der Waals surface area contributed by atoms with Crippen LogP contribution in [-0.4, -0.2) is 24.0 Å². The van der Waals surface area contributed by atoms with Crippen LogP contribution in [0.2, 0.25) is 0 Å². The van der Waals surface area contributed by atoms with Gasteiger partial charge in [-0.25, -0.2) is 4.98 Å². The Balaban J connectivity index is 0.000000570. The molecule has 1 N–H and O–H groups in total. The molecule has 0 saturated heterocycles. The normalized spacial score (nSPS) is 9.81. The number of carbonyl (C=O) groups is 1. The Labute approximate surface area is 153 Å². The molecule has 0 atom stereocenters. The third kappa shape index (κ3) is 3.79. The summed E-state index contributed by atoms with van der Waals surface area (Å²) in [7, 11) is 1.00. The second kappa shape index (κ2) is 9.44. The predicted octanol–water partition coefficient (Wildman–Crippen LogP) is 5.04. The lowest BCUT2D eigenvalue weighted by Gasteiger charge is -2.11. The van der Waals surface area contributed by atoms with E-state index in [1.807, 2.05) is 12.9 Å². The molecule has 0 aliphatic carbocycles. The molecule has 1 aromatic heterocycles. The average molecular weight is 345 g/mol. The van der Waals surface area contributed by atoms with E-state index in [1.165, 1.54) is 27.3 Å². The molecule has 3 nitrogen and oxygen atoms in total. The van der Waals surface area contributed by atoms with Gasteiger partial charge in [-0.05, 0) is 29.5 Å². The first kappa shape index (κ1) is 19.3. The van der Waals surface area contributed by atoms with E-state index in [0.29, 0.717) is 0 Å². The first-order chi connectivity index (χ1) is 12.9. The highest BCUT2D eigenvalue weighted by Crippen LogP contribution is 2.32. The summed E-state index contributed by atoms with van der Waals surface area (Å²) in [4.78, 5) is 12.9. The molecular formula is C23H23NO2. The van der Waals surface area contributed by atoms with Crippen molar-refractivity contribution in [1.29, 1.82) is 0 Å². The minimum absolute atomic E-state index is 1.00. The largest absolute Gasteiger partial charge is 0.400 e. The summed E-state index contributed by atoms with van der Waals surface area (Å²) in [5.41, 5.74) is 4.65. The van der Waals surface area contributed by atoms with Gasteiger partial charge in [-0.15, -0.1) is 0 Å². The van der Waals surface area contributed by atoms with E-state index in [-0.39, 0.29) is 0 Å². The molecule has 0 aliphatic heterocycles. The van der Waals surface area contributed by atoms with Gasteiger partial charge in [0, 0.05) is 23.4 Å². The molecule has 26 heavy (non-hydrogen) atoms. The van der Waals surface area contributed by atoms with Crippen LogP contribution in [0.25, 0.3) is 32.9 Å². The Hall–Kier alpha value is -3.04. The fourth-order valence-corrected chi connectivity index (χ4v) is 3.04. The van der Waals surface area contributed by atoms with Crippen molar-refractivity contribution in [3.8, 4) is 11.3 Å². The van der Waals surface area contributed by atoms with Crippen LogP contribution in [0, 0.1) is 0 Å². The van der Waals surface area contributed by atoms with Crippen LogP contribution in [0.3, 0.4) is 0 Å². The molecule has 0 saturated carbocycles. The quantitative estimate of drug-likeness (QED) is 0.518. The van der Waals surface area contributed by atoms with Crippen LogP contribution in [0.15, 0.2) is 72.8 Å². The molecule has 4 aromatic rings. The van der Waals surface area contributed by atoms with E-state index in [9.17, 15) is 0 Å². The smallest absolute Gasteiger partial charge is 0.106 e. The van der Waals surface area contributed by atoms with Crippen LogP contribution in [0.5, 0.6) is 0 Å². The SMILES string of the molecule is C=O.CCc1ccc2c(c1)c(-c1ccccc1)nc1ccccc12.CO. The maximum atomic E-state index is 8.00. The van der Waals surface area contributed by atoms with Gasteiger partial charge in [-0.3, -0.25) is 0 Å². The summed E-state index contributed by atoms with van der Waals surface area (Å²) < 4.78 is 0. The molecule has 132 valence electrons. The average Bonchev–Trinajstić information content (AvgIpc) is 2.76. The van der Waals surface area contributed by atoms with E-state index >= 15 is 0 Å². The number of aliphatic hydroxyl groups is 1.